The van der Waals surface area contributed by atoms with Gasteiger partial charge in [-0.05, 0) is 64.6 Å². The lowest BCUT2D eigenvalue weighted by atomic mass is 10.1. The van der Waals surface area contributed by atoms with Crippen molar-refractivity contribution >= 4 is 0 Å². The number of hydrogen-bond acceptors (Lipinski definition) is 2. The van der Waals surface area contributed by atoms with Crippen LogP contribution in [0.5, 0.6) is 0 Å². The van der Waals surface area contributed by atoms with Gasteiger partial charge >= 0.3 is 0 Å². The van der Waals surface area contributed by atoms with Crippen LogP contribution in [-0.4, -0.2) is 19.6 Å². The molecule has 0 rings (SSSR count). The van der Waals surface area contributed by atoms with Gasteiger partial charge in [-0.1, -0.05) is 83.3 Å². The molecule has 0 radical (unpaired) electrons. The highest BCUT2D eigenvalue weighted by Crippen LogP contribution is 2.09. The summed E-state index contributed by atoms with van der Waals surface area (Å²) in [7, 11) is 0. The van der Waals surface area contributed by atoms with Crippen molar-refractivity contribution in [1.82, 2.24) is 5.32 Å². The molecule has 2 nitrogen and oxygen atoms in total. The lowest BCUT2D eigenvalue weighted by Crippen LogP contribution is -2.16. The molecule has 25 heavy (non-hydrogen) atoms. The Balaban J connectivity index is 3.03. The van der Waals surface area contributed by atoms with Gasteiger partial charge in [0.2, 0.25) is 0 Å². The normalized spacial score (nSPS) is 11.6. The monoisotopic (exact) mass is 352 g/mol. The predicted molar refractivity (Wildman–Crippen MR) is 115 cm³/mol. The van der Waals surface area contributed by atoms with E-state index in [1.807, 2.05) is 0 Å². The number of nitrogens with two attached hydrogens (primary N) is 1. The van der Waals surface area contributed by atoms with Gasteiger partial charge < -0.3 is 11.1 Å². The maximum atomic E-state index is 5.49. The molecule has 0 aromatic rings. The third-order valence-electron chi connectivity index (χ3n) is 4.92. The molecular weight excluding hydrogens is 304 g/mol. The minimum atomic E-state index is 0.842. The molecule has 0 amide bonds. The van der Waals surface area contributed by atoms with Crippen LogP contribution in [0.25, 0.3) is 0 Å². The van der Waals surface area contributed by atoms with E-state index in [1.54, 1.807) is 0 Å². The Morgan fingerprint density at radius 1 is 0.560 bits per heavy atom. The molecule has 0 fully saturated rings. The zero-order chi connectivity index (χ0) is 18.3. The zero-order valence-corrected chi connectivity index (χ0v) is 17.4. The molecule has 3 N–H and O–H groups in total. The van der Waals surface area contributed by atoms with Crippen LogP contribution < -0.4 is 11.1 Å². The van der Waals surface area contributed by atoms with Gasteiger partial charge in [-0.15, -0.1) is 0 Å². The highest BCUT2D eigenvalue weighted by atomic mass is 14.8. The summed E-state index contributed by atoms with van der Waals surface area (Å²) in [6, 6.07) is 0. The van der Waals surface area contributed by atoms with E-state index in [-0.39, 0.29) is 0 Å². The van der Waals surface area contributed by atoms with E-state index in [0.717, 1.165) is 6.54 Å². The standard InChI is InChI=1S/C23H48N2/c1-2-3-4-5-6-7-8-9-10-11-12-13-14-15-16-19-22-25-23-20-17-18-21-24/h9-10,25H,2-8,11-24H2,1H3/b10-9-. The first-order chi connectivity index (χ1) is 12.4. The van der Waals surface area contributed by atoms with Crippen LogP contribution >= 0.6 is 0 Å². The van der Waals surface area contributed by atoms with E-state index in [9.17, 15) is 0 Å². The van der Waals surface area contributed by atoms with E-state index < -0.39 is 0 Å². The molecule has 0 saturated carbocycles. The van der Waals surface area contributed by atoms with Gasteiger partial charge in [0.15, 0.2) is 0 Å². The summed E-state index contributed by atoms with van der Waals surface area (Å²) in [4.78, 5) is 0. The molecule has 0 heterocycles. The second kappa shape index (κ2) is 23.7. The average Bonchev–Trinajstić information content (AvgIpc) is 2.63. The minimum Gasteiger partial charge on any atom is -0.330 e. The molecule has 0 aliphatic heterocycles. The van der Waals surface area contributed by atoms with Crippen molar-refractivity contribution < 1.29 is 0 Å². The first-order valence-corrected chi connectivity index (χ1v) is 11.5. The van der Waals surface area contributed by atoms with Crippen molar-refractivity contribution in [3.05, 3.63) is 12.2 Å². The maximum Gasteiger partial charge on any atom is -0.00489 e. The molecule has 0 aliphatic carbocycles. The summed E-state index contributed by atoms with van der Waals surface area (Å²) in [5.41, 5.74) is 5.49. The SMILES string of the molecule is CCCCCCCC/C=C\CCCCCCCCNCCCCCN. The number of rotatable bonds is 21. The van der Waals surface area contributed by atoms with Crippen LogP contribution in [0.3, 0.4) is 0 Å². The quantitative estimate of drug-likeness (QED) is 0.177. The average molecular weight is 353 g/mol. The molecule has 0 saturated heterocycles. The van der Waals surface area contributed by atoms with Crippen molar-refractivity contribution in [2.75, 3.05) is 19.6 Å². The summed E-state index contributed by atoms with van der Waals surface area (Å²) >= 11 is 0. The topological polar surface area (TPSA) is 38.0 Å². The second-order valence-electron chi connectivity index (χ2n) is 7.54. The predicted octanol–water partition coefficient (Wildman–Crippen LogP) is 6.74. The first-order valence-electron chi connectivity index (χ1n) is 11.5. The van der Waals surface area contributed by atoms with Crippen molar-refractivity contribution in [1.29, 1.82) is 0 Å². The molecule has 0 spiro atoms. The lowest BCUT2D eigenvalue weighted by molar-refractivity contribution is 0.551. The molecular formula is C23H48N2. The van der Waals surface area contributed by atoms with Crippen molar-refractivity contribution in [3.63, 3.8) is 0 Å². The van der Waals surface area contributed by atoms with Gasteiger partial charge in [-0.25, -0.2) is 0 Å². The Hall–Kier alpha value is -0.340. The van der Waals surface area contributed by atoms with Crippen LogP contribution in [0.4, 0.5) is 0 Å². The summed E-state index contributed by atoms with van der Waals surface area (Å²) in [6.07, 6.45) is 28.0. The Labute approximate surface area is 159 Å². The third kappa shape index (κ3) is 23.7. The van der Waals surface area contributed by atoms with Gasteiger partial charge in [-0.2, -0.15) is 0 Å². The summed E-state index contributed by atoms with van der Waals surface area (Å²) in [6.45, 7) is 5.50. The molecule has 0 atom stereocenters. The highest BCUT2D eigenvalue weighted by molar-refractivity contribution is 4.81. The number of allylic oxidation sites excluding steroid dienone is 2. The van der Waals surface area contributed by atoms with Crippen LogP contribution in [0.15, 0.2) is 12.2 Å². The molecule has 0 aromatic carbocycles. The van der Waals surface area contributed by atoms with Gasteiger partial charge in [0.25, 0.3) is 0 Å². The first kappa shape index (κ1) is 24.7. The van der Waals surface area contributed by atoms with Gasteiger partial charge in [-0.3, -0.25) is 0 Å². The minimum absolute atomic E-state index is 0.842. The summed E-state index contributed by atoms with van der Waals surface area (Å²) in [5.74, 6) is 0. The molecule has 0 aliphatic rings. The van der Waals surface area contributed by atoms with Crippen molar-refractivity contribution in [2.45, 2.75) is 116 Å². The van der Waals surface area contributed by atoms with Crippen LogP contribution in [0, 0.1) is 0 Å². The number of unbranched alkanes of at least 4 members (excludes halogenated alkanes) is 14. The van der Waals surface area contributed by atoms with Crippen molar-refractivity contribution in [2.24, 2.45) is 5.73 Å². The summed E-state index contributed by atoms with van der Waals surface area (Å²) < 4.78 is 0. The Bertz CT molecular complexity index is 250. The van der Waals surface area contributed by atoms with Gasteiger partial charge in [0, 0.05) is 0 Å². The maximum absolute atomic E-state index is 5.49. The third-order valence-corrected chi connectivity index (χ3v) is 4.92. The Kier molecular flexibility index (Phi) is 23.3. The van der Waals surface area contributed by atoms with E-state index in [4.69, 9.17) is 5.73 Å². The molecule has 0 bridgehead atoms. The summed E-state index contributed by atoms with van der Waals surface area (Å²) in [5, 5.41) is 3.54. The van der Waals surface area contributed by atoms with E-state index in [1.165, 1.54) is 122 Å². The van der Waals surface area contributed by atoms with Crippen molar-refractivity contribution in [3.8, 4) is 0 Å². The van der Waals surface area contributed by atoms with Crippen LogP contribution in [0.1, 0.15) is 116 Å². The molecule has 0 aromatic heterocycles. The van der Waals surface area contributed by atoms with Crippen LogP contribution in [0.2, 0.25) is 0 Å². The van der Waals surface area contributed by atoms with Gasteiger partial charge in [0.1, 0.15) is 0 Å². The van der Waals surface area contributed by atoms with Crippen LogP contribution in [-0.2, 0) is 0 Å². The lowest BCUT2D eigenvalue weighted by Gasteiger charge is -2.04. The molecule has 2 heteroatoms. The smallest absolute Gasteiger partial charge is 0.00489 e. The number of hydrogen-bond donors (Lipinski definition) is 2. The largest absolute Gasteiger partial charge is 0.330 e. The van der Waals surface area contributed by atoms with E-state index in [0.29, 0.717) is 0 Å². The second-order valence-corrected chi connectivity index (χ2v) is 7.54. The zero-order valence-electron chi connectivity index (χ0n) is 17.4. The van der Waals surface area contributed by atoms with E-state index in [2.05, 4.69) is 24.4 Å². The van der Waals surface area contributed by atoms with E-state index >= 15 is 0 Å². The fourth-order valence-electron chi connectivity index (χ4n) is 3.19. The number of nitrogens with one attached hydrogen (secondary N) is 1. The Morgan fingerprint density at radius 3 is 1.52 bits per heavy atom. The Morgan fingerprint density at radius 2 is 1.00 bits per heavy atom. The van der Waals surface area contributed by atoms with Gasteiger partial charge in [0.05, 0.1) is 0 Å². The molecule has 150 valence electrons. The fraction of sp³-hybridized carbons (Fsp3) is 0.913. The fourth-order valence-corrected chi connectivity index (χ4v) is 3.19. The highest BCUT2D eigenvalue weighted by Gasteiger charge is 1.92. The molecule has 0 unspecified atom stereocenters.